The Labute approximate surface area is 163 Å². The minimum absolute atomic E-state index is 0.0220. The second-order valence-electron chi connectivity index (χ2n) is 8.65. The van der Waals surface area contributed by atoms with E-state index in [0.29, 0.717) is 18.3 Å². The fourth-order valence-corrected chi connectivity index (χ4v) is 4.28. The van der Waals surface area contributed by atoms with Gasteiger partial charge in [0.25, 0.3) is 0 Å². The predicted octanol–water partition coefficient (Wildman–Crippen LogP) is 3.71. The van der Waals surface area contributed by atoms with Crippen LogP contribution in [-0.4, -0.2) is 43.1 Å². The second kappa shape index (κ2) is 8.48. The number of hydrogen-bond donors (Lipinski definition) is 0. The summed E-state index contributed by atoms with van der Waals surface area (Å²) in [6.45, 7) is 14.4. The molecule has 3 unspecified atom stereocenters. The van der Waals surface area contributed by atoms with E-state index < -0.39 is 23.1 Å². The summed E-state index contributed by atoms with van der Waals surface area (Å²) in [4.78, 5) is 25.7. The zero-order valence-electron chi connectivity index (χ0n) is 17.9. The highest BCUT2D eigenvalue weighted by Crippen LogP contribution is 2.55. The van der Waals surface area contributed by atoms with E-state index in [9.17, 15) is 9.59 Å². The molecule has 2 fully saturated rings. The van der Waals surface area contributed by atoms with Gasteiger partial charge in [0.1, 0.15) is 0 Å². The van der Waals surface area contributed by atoms with Crippen LogP contribution >= 0.6 is 0 Å². The summed E-state index contributed by atoms with van der Waals surface area (Å²) in [6, 6.07) is 0. The molecule has 2 aliphatic rings. The van der Waals surface area contributed by atoms with Crippen LogP contribution in [0.25, 0.3) is 0 Å². The summed E-state index contributed by atoms with van der Waals surface area (Å²) in [5, 5.41) is 0. The summed E-state index contributed by atoms with van der Waals surface area (Å²) in [6.07, 6.45) is 1.31. The van der Waals surface area contributed by atoms with Crippen molar-refractivity contribution >= 4 is 11.9 Å². The first kappa shape index (κ1) is 22.2. The minimum Gasteiger partial charge on any atom is -0.465 e. The van der Waals surface area contributed by atoms with Gasteiger partial charge in [-0.15, -0.1) is 0 Å². The number of hydrogen-bond acceptors (Lipinski definition) is 6. The van der Waals surface area contributed by atoms with Crippen molar-refractivity contribution < 1.29 is 28.5 Å². The van der Waals surface area contributed by atoms with Crippen molar-refractivity contribution in [2.45, 2.75) is 85.7 Å². The van der Waals surface area contributed by atoms with Gasteiger partial charge >= 0.3 is 11.9 Å². The molecule has 6 heteroatoms. The van der Waals surface area contributed by atoms with Crippen molar-refractivity contribution in [3.63, 3.8) is 0 Å². The van der Waals surface area contributed by atoms with Crippen LogP contribution in [0.1, 0.15) is 67.7 Å². The van der Waals surface area contributed by atoms with E-state index in [4.69, 9.17) is 18.9 Å². The Kier molecular flexibility index (Phi) is 6.96. The quantitative estimate of drug-likeness (QED) is 0.513. The van der Waals surface area contributed by atoms with Gasteiger partial charge in [-0.05, 0) is 32.1 Å². The average Bonchev–Trinajstić information content (AvgIpc) is 2.88. The van der Waals surface area contributed by atoms with E-state index in [1.165, 1.54) is 0 Å². The molecule has 1 spiro atoms. The topological polar surface area (TPSA) is 71.1 Å². The Balaban J connectivity index is 2.41. The van der Waals surface area contributed by atoms with Gasteiger partial charge < -0.3 is 18.9 Å². The zero-order chi connectivity index (χ0) is 20.4. The first-order chi connectivity index (χ1) is 12.6. The molecule has 156 valence electrons. The van der Waals surface area contributed by atoms with Gasteiger partial charge in [-0.3, -0.25) is 9.59 Å². The lowest BCUT2D eigenvalue weighted by Crippen LogP contribution is -2.54. The maximum absolute atomic E-state index is 12.9. The largest absolute Gasteiger partial charge is 0.465 e. The highest BCUT2D eigenvalue weighted by atomic mass is 16.7. The van der Waals surface area contributed by atoms with Crippen molar-refractivity contribution in [3.8, 4) is 0 Å². The fraction of sp³-hybridized carbons (Fsp3) is 0.905. The molecule has 1 aliphatic carbocycles. The average molecular weight is 385 g/mol. The van der Waals surface area contributed by atoms with Crippen molar-refractivity contribution in [1.29, 1.82) is 0 Å². The molecule has 0 amide bonds. The summed E-state index contributed by atoms with van der Waals surface area (Å²) in [5.74, 6) is -1.53. The van der Waals surface area contributed by atoms with E-state index in [-0.39, 0.29) is 37.8 Å². The van der Waals surface area contributed by atoms with Gasteiger partial charge in [-0.2, -0.15) is 0 Å². The maximum Gasteiger partial charge on any atom is 0.323 e. The standard InChI is InChI=1S/C21H36O6/c1-8-24-18(22)20(19(23)25-9-2)11-15(7)21(12-20)26-16(13(3)4)10-17(27-21)14(5)6/h13-17H,8-12H2,1-7H3. The first-order valence-corrected chi connectivity index (χ1v) is 10.3. The Hall–Kier alpha value is -1.14. The molecule has 1 heterocycles. The second-order valence-corrected chi connectivity index (χ2v) is 8.65. The Bertz CT molecular complexity index is 507. The molecular weight excluding hydrogens is 348 g/mol. The van der Waals surface area contributed by atoms with Crippen LogP contribution in [0, 0.1) is 23.2 Å². The molecular formula is C21H36O6. The van der Waals surface area contributed by atoms with Gasteiger partial charge in [-0.25, -0.2) is 0 Å². The summed E-state index contributed by atoms with van der Waals surface area (Å²) in [5.41, 5.74) is -1.37. The Morgan fingerprint density at radius 3 is 1.78 bits per heavy atom. The molecule has 0 N–H and O–H groups in total. The SMILES string of the molecule is CCOC(=O)C1(C(=O)OCC)CC(C)C2(C1)OC(C(C)C)CC(C(C)C)O2. The van der Waals surface area contributed by atoms with Crippen LogP contribution in [0.15, 0.2) is 0 Å². The number of ether oxygens (including phenoxy) is 4. The molecule has 27 heavy (non-hydrogen) atoms. The molecule has 0 bridgehead atoms. The van der Waals surface area contributed by atoms with Crippen LogP contribution < -0.4 is 0 Å². The van der Waals surface area contributed by atoms with Crippen LogP contribution in [0.2, 0.25) is 0 Å². The molecule has 0 aromatic rings. The van der Waals surface area contributed by atoms with Crippen LogP contribution in [0.3, 0.4) is 0 Å². The van der Waals surface area contributed by atoms with E-state index in [1.54, 1.807) is 13.8 Å². The fourth-order valence-electron chi connectivity index (χ4n) is 4.28. The number of carbonyl (C=O) groups excluding carboxylic acids is 2. The molecule has 3 atom stereocenters. The maximum atomic E-state index is 12.9. The highest BCUT2D eigenvalue weighted by molar-refractivity contribution is 6.00. The molecule has 2 rings (SSSR count). The van der Waals surface area contributed by atoms with E-state index >= 15 is 0 Å². The molecule has 0 aromatic heterocycles. The lowest BCUT2D eigenvalue weighted by Gasteiger charge is -2.47. The van der Waals surface area contributed by atoms with E-state index in [0.717, 1.165) is 6.42 Å². The van der Waals surface area contributed by atoms with E-state index in [1.807, 2.05) is 6.92 Å². The van der Waals surface area contributed by atoms with Crippen molar-refractivity contribution in [1.82, 2.24) is 0 Å². The Morgan fingerprint density at radius 1 is 0.963 bits per heavy atom. The van der Waals surface area contributed by atoms with Crippen molar-refractivity contribution in [2.75, 3.05) is 13.2 Å². The number of carbonyl (C=O) groups is 2. The van der Waals surface area contributed by atoms with Gasteiger partial charge in [0.15, 0.2) is 11.2 Å². The van der Waals surface area contributed by atoms with Gasteiger partial charge in [0.05, 0.1) is 25.4 Å². The van der Waals surface area contributed by atoms with Gasteiger partial charge in [0, 0.05) is 18.8 Å². The summed E-state index contributed by atoms with van der Waals surface area (Å²) < 4.78 is 23.5. The predicted molar refractivity (Wildman–Crippen MR) is 101 cm³/mol. The first-order valence-electron chi connectivity index (χ1n) is 10.3. The third kappa shape index (κ3) is 4.16. The van der Waals surface area contributed by atoms with Crippen LogP contribution in [-0.2, 0) is 28.5 Å². The molecule has 1 saturated carbocycles. The van der Waals surface area contributed by atoms with Crippen LogP contribution in [0.4, 0.5) is 0 Å². The molecule has 1 aliphatic heterocycles. The van der Waals surface area contributed by atoms with Gasteiger partial charge in [0.2, 0.25) is 0 Å². The van der Waals surface area contributed by atoms with E-state index in [2.05, 4.69) is 27.7 Å². The van der Waals surface area contributed by atoms with Crippen LogP contribution in [0.5, 0.6) is 0 Å². The van der Waals surface area contributed by atoms with Crippen molar-refractivity contribution in [2.24, 2.45) is 23.2 Å². The Morgan fingerprint density at radius 2 is 1.41 bits per heavy atom. The molecule has 6 nitrogen and oxygen atoms in total. The third-order valence-corrected chi connectivity index (χ3v) is 5.94. The normalized spacial score (nSPS) is 32.9. The molecule has 0 aromatic carbocycles. The molecule has 1 saturated heterocycles. The lowest BCUT2D eigenvalue weighted by molar-refractivity contribution is -0.344. The third-order valence-electron chi connectivity index (χ3n) is 5.94. The summed E-state index contributed by atoms with van der Waals surface area (Å²) in [7, 11) is 0. The number of esters is 2. The zero-order valence-corrected chi connectivity index (χ0v) is 17.9. The molecule has 0 radical (unpaired) electrons. The minimum atomic E-state index is -1.37. The summed E-state index contributed by atoms with van der Waals surface area (Å²) >= 11 is 0. The number of rotatable bonds is 6. The highest BCUT2D eigenvalue weighted by Gasteiger charge is 2.66. The lowest BCUT2D eigenvalue weighted by atomic mass is 9.85. The van der Waals surface area contributed by atoms with Crippen molar-refractivity contribution in [3.05, 3.63) is 0 Å². The smallest absolute Gasteiger partial charge is 0.323 e. The van der Waals surface area contributed by atoms with Gasteiger partial charge in [-0.1, -0.05) is 34.6 Å². The monoisotopic (exact) mass is 384 g/mol.